The Kier molecular flexibility index (Phi) is 10.3. The number of likely N-dealkylation sites (N-methyl/N-ethyl adjacent to an activating group) is 1. The molecule has 1 aliphatic heterocycles. The fraction of sp³-hybridized carbons (Fsp3) is 0.375. The van der Waals surface area contributed by atoms with E-state index in [-0.39, 0.29) is 22.1 Å². The maximum absolute atomic E-state index is 12.7. The lowest BCUT2D eigenvalue weighted by molar-refractivity contribution is -0.192. The van der Waals surface area contributed by atoms with Gasteiger partial charge in [-0.05, 0) is 37.3 Å². The Morgan fingerprint density at radius 2 is 1.51 bits per heavy atom. The predicted octanol–water partition coefficient (Wildman–Crippen LogP) is 2.34. The average Bonchev–Trinajstić information content (AvgIpc) is 2.84. The standard InChI is InChI=1S/C22H28N4O5S.C2HF3O2/c1-16-4-7-18(8-5-16)32(30,31)23-20-9-6-17(14-19(20)22(28)29)26-12-10-25(11-13-26)15-21(27)24(2)3;3-2(4,5)1(6)7/h4-9,14,23H,10-13,15H2,1-3H3,(H,28,29);(H,6,7). The summed E-state index contributed by atoms with van der Waals surface area (Å²) in [4.78, 5) is 38.4. The van der Waals surface area contributed by atoms with Crippen LogP contribution in [-0.2, 0) is 19.6 Å². The number of amides is 1. The summed E-state index contributed by atoms with van der Waals surface area (Å²) in [6, 6.07) is 11.0. The molecule has 0 atom stereocenters. The van der Waals surface area contributed by atoms with E-state index in [1.807, 2.05) is 11.8 Å². The Balaban J connectivity index is 0.000000673. The molecule has 0 saturated carbocycles. The molecule has 1 fully saturated rings. The first-order chi connectivity index (χ1) is 18.0. The number of carboxylic acid groups (broad SMARTS) is 2. The molecule has 214 valence electrons. The fourth-order valence-corrected chi connectivity index (χ4v) is 4.49. The fourth-order valence-electron chi connectivity index (χ4n) is 3.41. The summed E-state index contributed by atoms with van der Waals surface area (Å²) in [5.41, 5.74) is 1.51. The highest BCUT2D eigenvalue weighted by Gasteiger charge is 2.38. The Morgan fingerprint density at radius 1 is 0.974 bits per heavy atom. The maximum atomic E-state index is 12.7. The lowest BCUT2D eigenvalue weighted by atomic mass is 10.1. The summed E-state index contributed by atoms with van der Waals surface area (Å²) in [5.74, 6) is -3.94. The molecule has 2 aromatic carbocycles. The minimum atomic E-state index is -5.08. The van der Waals surface area contributed by atoms with Crippen LogP contribution in [0.25, 0.3) is 0 Å². The number of hydrogen-bond acceptors (Lipinski definition) is 7. The number of carbonyl (C=O) groups is 3. The SMILES string of the molecule is Cc1ccc(S(=O)(=O)Nc2ccc(N3CCN(CC(=O)N(C)C)CC3)cc2C(=O)O)cc1.O=C(O)C(F)(F)F. The van der Waals surface area contributed by atoms with Crippen LogP contribution in [0.1, 0.15) is 15.9 Å². The van der Waals surface area contributed by atoms with E-state index in [1.54, 1.807) is 37.2 Å². The molecule has 1 saturated heterocycles. The van der Waals surface area contributed by atoms with Crippen LogP contribution in [0.2, 0.25) is 0 Å². The number of piperazine rings is 1. The quantitative estimate of drug-likeness (QED) is 0.453. The normalized spacial score (nSPS) is 14.2. The van der Waals surface area contributed by atoms with Crippen LogP contribution < -0.4 is 9.62 Å². The zero-order valence-corrected chi connectivity index (χ0v) is 22.2. The molecule has 11 nitrogen and oxygen atoms in total. The van der Waals surface area contributed by atoms with Crippen molar-refractivity contribution in [3.8, 4) is 0 Å². The van der Waals surface area contributed by atoms with E-state index >= 15 is 0 Å². The molecule has 0 radical (unpaired) electrons. The third-order valence-electron chi connectivity index (χ3n) is 5.65. The van der Waals surface area contributed by atoms with Gasteiger partial charge in [0, 0.05) is 46.0 Å². The Morgan fingerprint density at radius 3 is 1.97 bits per heavy atom. The van der Waals surface area contributed by atoms with Gasteiger partial charge in [-0.2, -0.15) is 13.2 Å². The van der Waals surface area contributed by atoms with Crippen molar-refractivity contribution >= 4 is 39.2 Å². The first kappa shape index (κ1) is 31.4. The van der Waals surface area contributed by atoms with Gasteiger partial charge in [-0.1, -0.05) is 17.7 Å². The van der Waals surface area contributed by atoms with Gasteiger partial charge in [0.15, 0.2) is 0 Å². The van der Waals surface area contributed by atoms with E-state index in [1.165, 1.54) is 24.3 Å². The van der Waals surface area contributed by atoms with Crippen LogP contribution in [0.4, 0.5) is 24.5 Å². The molecular formula is C24H29F3N4O7S. The number of sulfonamides is 1. The number of alkyl halides is 3. The van der Waals surface area contributed by atoms with E-state index in [9.17, 15) is 36.3 Å². The first-order valence-electron chi connectivity index (χ1n) is 11.5. The summed E-state index contributed by atoms with van der Waals surface area (Å²) in [6.07, 6.45) is -5.08. The molecule has 0 aliphatic carbocycles. The molecule has 0 unspecified atom stereocenters. The summed E-state index contributed by atoms with van der Waals surface area (Å²) >= 11 is 0. The number of aliphatic carboxylic acids is 1. The number of nitrogens with zero attached hydrogens (tertiary/aromatic N) is 3. The highest BCUT2D eigenvalue weighted by molar-refractivity contribution is 7.92. The Bertz CT molecular complexity index is 1290. The van der Waals surface area contributed by atoms with Gasteiger partial charge in [-0.15, -0.1) is 0 Å². The molecule has 1 heterocycles. The first-order valence-corrected chi connectivity index (χ1v) is 12.9. The molecule has 3 N–H and O–H groups in total. The highest BCUT2D eigenvalue weighted by atomic mass is 32.2. The van der Waals surface area contributed by atoms with Crippen LogP contribution in [0.5, 0.6) is 0 Å². The zero-order valence-electron chi connectivity index (χ0n) is 21.4. The van der Waals surface area contributed by atoms with Gasteiger partial charge in [0.1, 0.15) is 0 Å². The molecule has 0 bridgehead atoms. The van der Waals surface area contributed by atoms with Gasteiger partial charge in [-0.25, -0.2) is 18.0 Å². The number of aryl methyl sites for hydroxylation is 1. The second-order valence-corrected chi connectivity index (χ2v) is 10.5. The summed E-state index contributed by atoms with van der Waals surface area (Å²) in [6.45, 7) is 4.81. The van der Waals surface area contributed by atoms with Gasteiger partial charge in [0.25, 0.3) is 10.0 Å². The molecule has 3 rings (SSSR count). The van der Waals surface area contributed by atoms with E-state index in [4.69, 9.17) is 9.90 Å². The zero-order chi connectivity index (χ0) is 29.5. The number of halogens is 3. The van der Waals surface area contributed by atoms with Gasteiger partial charge in [-0.3, -0.25) is 14.4 Å². The number of nitrogens with one attached hydrogen (secondary N) is 1. The average molecular weight is 575 g/mol. The highest BCUT2D eigenvalue weighted by Crippen LogP contribution is 2.27. The number of benzene rings is 2. The van der Waals surface area contributed by atoms with Crippen LogP contribution in [0, 0.1) is 6.92 Å². The number of rotatable bonds is 7. The van der Waals surface area contributed by atoms with Crippen molar-refractivity contribution in [3.05, 3.63) is 53.6 Å². The molecular weight excluding hydrogens is 545 g/mol. The monoisotopic (exact) mass is 574 g/mol. The molecule has 0 aromatic heterocycles. The summed E-state index contributed by atoms with van der Waals surface area (Å²) < 4.78 is 59.5. The largest absolute Gasteiger partial charge is 0.490 e. The summed E-state index contributed by atoms with van der Waals surface area (Å²) in [7, 11) is -0.474. The van der Waals surface area contributed by atoms with Crippen molar-refractivity contribution in [3.63, 3.8) is 0 Å². The third kappa shape index (κ3) is 9.14. The Labute approximate surface area is 223 Å². The Hall–Kier alpha value is -3.85. The van der Waals surface area contributed by atoms with E-state index in [0.717, 1.165) is 5.56 Å². The van der Waals surface area contributed by atoms with Crippen LogP contribution >= 0.6 is 0 Å². The van der Waals surface area contributed by atoms with Crippen molar-refractivity contribution in [2.24, 2.45) is 0 Å². The van der Waals surface area contributed by atoms with Crippen molar-refractivity contribution in [2.45, 2.75) is 18.0 Å². The maximum Gasteiger partial charge on any atom is 0.490 e. The van der Waals surface area contributed by atoms with Gasteiger partial charge in [0.2, 0.25) is 5.91 Å². The lowest BCUT2D eigenvalue weighted by Gasteiger charge is -2.36. The number of hydrogen-bond donors (Lipinski definition) is 3. The van der Waals surface area contributed by atoms with Crippen LogP contribution in [-0.4, -0.2) is 99.3 Å². The van der Waals surface area contributed by atoms with Crippen molar-refractivity contribution in [2.75, 3.05) is 56.4 Å². The predicted molar refractivity (Wildman–Crippen MR) is 136 cm³/mol. The number of carboxylic acids is 2. The molecule has 1 aliphatic rings. The number of anilines is 2. The number of aromatic carboxylic acids is 1. The van der Waals surface area contributed by atoms with E-state index in [0.29, 0.717) is 38.4 Å². The van der Waals surface area contributed by atoms with Crippen molar-refractivity contribution in [1.29, 1.82) is 0 Å². The van der Waals surface area contributed by atoms with Crippen molar-refractivity contribution < 1.29 is 46.2 Å². The third-order valence-corrected chi connectivity index (χ3v) is 7.03. The molecule has 39 heavy (non-hydrogen) atoms. The van der Waals surface area contributed by atoms with Crippen LogP contribution in [0.15, 0.2) is 47.4 Å². The molecule has 0 spiro atoms. The smallest absolute Gasteiger partial charge is 0.478 e. The molecule has 2 aromatic rings. The van der Waals surface area contributed by atoms with Gasteiger partial charge in [0.05, 0.1) is 22.7 Å². The lowest BCUT2D eigenvalue weighted by Crippen LogP contribution is -2.49. The summed E-state index contributed by atoms with van der Waals surface area (Å²) in [5, 5.41) is 16.8. The van der Waals surface area contributed by atoms with Gasteiger partial charge >= 0.3 is 18.1 Å². The molecule has 15 heteroatoms. The topological polar surface area (TPSA) is 148 Å². The van der Waals surface area contributed by atoms with Crippen molar-refractivity contribution in [1.82, 2.24) is 9.80 Å². The second kappa shape index (κ2) is 12.8. The molecule has 1 amide bonds. The van der Waals surface area contributed by atoms with E-state index in [2.05, 4.69) is 9.62 Å². The van der Waals surface area contributed by atoms with E-state index < -0.39 is 28.1 Å². The second-order valence-electron chi connectivity index (χ2n) is 8.81. The van der Waals surface area contributed by atoms with Crippen LogP contribution in [0.3, 0.4) is 0 Å². The number of carbonyl (C=O) groups excluding carboxylic acids is 1. The van der Waals surface area contributed by atoms with Gasteiger partial charge < -0.3 is 20.0 Å². The minimum absolute atomic E-state index is 0.0111. The minimum Gasteiger partial charge on any atom is -0.478 e.